The lowest BCUT2D eigenvalue weighted by atomic mass is 9.92. The molecule has 0 heterocycles. The SMILES string of the molecule is CN(CCN(C)CCC(C)(C)C)CCN(C)CCC(C)(C)C. The molecule has 0 spiro atoms. The van der Waals surface area contributed by atoms with Crippen LogP contribution in [0.15, 0.2) is 0 Å². The zero-order chi connectivity index (χ0) is 17.4. The number of rotatable bonds is 10. The first-order chi connectivity index (χ1) is 9.89. The average Bonchev–Trinajstić information content (AvgIpc) is 2.36. The second-order valence-corrected chi connectivity index (χ2v) is 9.53. The van der Waals surface area contributed by atoms with Crippen LogP contribution in [-0.4, -0.2) is 75.1 Å². The van der Waals surface area contributed by atoms with Crippen molar-refractivity contribution in [2.45, 2.75) is 54.4 Å². The first-order valence-electron chi connectivity index (χ1n) is 8.95. The highest BCUT2D eigenvalue weighted by atomic mass is 15.2. The fourth-order valence-electron chi connectivity index (χ4n) is 2.07. The van der Waals surface area contributed by atoms with E-state index in [0.717, 1.165) is 26.2 Å². The van der Waals surface area contributed by atoms with Crippen LogP contribution < -0.4 is 0 Å². The summed E-state index contributed by atoms with van der Waals surface area (Å²) >= 11 is 0. The van der Waals surface area contributed by atoms with Gasteiger partial charge < -0.3 is 14.7 Å². The average molecular weight is 314 g/mol. The minimum Gasteiger partial charge on any atom is -0.305 e. The van der Waals surface area contributed by atoms with Crippen LogP contribution in [0.2, 0.25) is 0 Å². The summed E-state index contributed by atoms with van der Waals surface area (Å²) in [7, 11) is 6.74. The zero-order valence-electron chi connectivity index (χ0n) is 17.0. The molecule has 0 saturated heterocycles. The van der Waals surface area contributed by atoms with Gasteiger partial charge in [-0.1, -0.05) is 41.5 Å². The molecule has 3 nitrogen and oxygen atoms in total. The summed E-state index contributed by atoms with van der Waals surface area (Å²) in [5, 5.41) is 0. The predicted molar refractivity (Wildman–Crippen MR) is 101 cm³/mol. The van der Waals surface area contributed by atoms with Gasteiger partial charge in [-0.2, -0.15) is 0 Å². The van der Waals surface area contributed by atoms with Gasteiger partial charge in [-0.25, -0.2) is 0 Å². The summed E-state index contributed by atoms with van der Waals surface area (Å²) in [4.78, 5) is 7.39. The Labute approximate surface area is 141 Å². The van der Waals surface area contributed by atoms with Gasteiger partial charge in [0.2, 0.25) is 0 Å². The summed E-state index contributed by atoms with van der Waals surface area (Å²) in [6.07, 6.45) is 2.53. The Balaban J connectivity index is 3.74. The molecule has 0 saturated carbocycles. The zero-order valence-corrected chi connectivity index (χ0v) is 17.0. The van der Waals surface area contributed by atoms with E-state index in [1.54, 1.807) is 0 Å². The quantitative estimate of drug-likeness (QED) is 0.609. The first-order valence-corrected chi connectivity index (χ1v) is 8.95. The Morgan fingerprint density at radius 1 is 0.455 bits per heavy atom. The second kappa shape index (κ2) is 9.89. The highest BCUT2D eigenvalue weighted by Gasteiger charge is 2.13. The van der Waals surface area contributed by atoms with Crippen molar-refractivity contribution >= 4 is 0 Å². The molecular formula is C19H43N3. The minimum absolute atomic E-state index is 0.440. The molecule has 0 aliphatic carbocycles. The summed E-state index contributed by atoms with van der Waals surface area (Å²) in [5.41, 5.74) is 0.881. The Morgan fingerprint density at radius 3 is 0.909 bits per heavy atom. The van der Waals surface area contributed by atoms with E-state index < -0.39 is 0 Å². The molecule has 0 aromatic rings. The molecule has 134 valence electrons. The maximum absolute atomic E-state index is 2.46. The lowest BCUT2D eigenvalue weighted by Gasteiger charge is -2.27. The molecule has 0 unspecified atom stereocenters. The molecule has 0 aromatic carbocycles. The van der Waals surface area contributed by atoms with Crippen LogP contribution in [0.3, 0.4) is 0 Å². The highest BCUT2D eigenvalue weighted by Crippen LogP contribution is 2.19. The van der Waals surface area contributed by atoms with Crippen molar-refractivity contribution in [3.05, 3.63) is 0 Å². The van der Waals surface area contributed by atoms with Crippen molar-refractivity contribution in [2.24, 2.45) is 10.8 Å². The number of hydrogen-bond donors (Lipinski definition) is 0. The third-order valence-corrected chi connectivity index (χ3v) is 4.21. The van der Waals surface area contributed by atoms with Gasteiger partial charge in [-0.3, -0.25) is 0 Å². The fraction of sp³-hybridized carbons (Fsp3) is 1.00. The van der Waals surface area contributed by atoms with Gasteiger partial charge in [0.15, 0.2) is 0 Å². The molecule has 0 aliphatic heterocycles. The van der Waals surface area contributed by atoms with Crippen molar-refractivity contribution in [1.29, 1.82) is 0 Å². The maximum Gasteiger partial charge on any atom is 0.0107 e. The van der Waals surface area contributed by atoms with Crippen LogP contribution in [-0.2, 0) is 0 Å². The topological polar surface area (TPSA) is 9.72 Å². The summed E-state index contributed by atoms with van der Waals surface area (Å²) in [6.45, 7) is 21.0. The van der Waals surface area contributed by atoms with Gasteiger partial charge >= 0.3 is 0 Å². The van der Waals surface area contributed by atoms with Crippen LogP contribution in [0.1, 0.15) is 54.4 Å². The number of likely N-dealkylation sites (N-methyl/N-ethyl adjacent to an activating group) is 3. The van der Waals surface area contributed by atoms with Gasteiger partial charge in [-0.05, 0) is 57.9 Å². The Morgan fingerprint density at radius 2 is 0.682 bits per heavy atom. The lowest BCUT2D eigenvalue weighted by Crippen LogP contribution is -2.37. The third kappa shape index (κ3) is 14.8. The molecule has 3 heteroatoms. The standard InChI is InChI=1S/C19H43N3/c1-18(2,3)10-12-20(7)14-16-22(9)17-15-21(8)13-11-19(4,5)6/h10-17H2,1-9H3. The van der Waals surface area contributed by atoms with E-state index in [2.05, 4.69) is 77.4 Å². The van der Waals surface area contributed by atoms with E-state index in [1.165, 1.54) is 25.9 Å². The van der Waals surface area contributed by atoms with E-state index in [9.17, 15) is 0 Å². The monoisotopic (exact) mass is 313 g/mol. The van der Waals surface area contributed by atoms with Crippen molar-refractivity contribution in [3.8, 4) is 0 Å². The molecule has 0 radical (unpaired) electrons. The van der Waals surface area contributed by atoms with Crippen LogP contribution in [0.25, 0.3) is 0 Å². The van der Waals surface area contributed by atoms with E-state index in [1.807, 2.05) is 0 Å². The van der Waals surface area contributed by atoms with Crippen molar-refractivity contribution < 1.29 is 0 Å². The molecule has 0 fully saturated rings. The number of nitrogens with zero attached hydrogens (tertiary/aromatic N) is 3. The van der Waals surface area contributed by atoms with Gasteiger partial charge in [-0.15, -0.1) is 0 Å². The molecule has 0 aromatic heterocycles. The molecule has 0 amide bonds. The summed E-state index contributed by atoms with van der Waals surface area (Å²) < 4.78 is 0. The molecule has 0 aliphatic rings. The van der Waals surface area contributed by atoms with Gasteiger partial charge in [0, 0.05) is 26.2 Å². The Hall–Kier alpha value is -0.120. The molecule has 0 N–H and O–H groups in total. The van der Waals surface area contributed by atoms with E-state index in [4.69, 9.17) is 0 Å². The predicted octanol–water partition coefficient (Wildman–Crippen LogP) is 3.65. The third-order valence-electron chi connectivity index (χ3n) is 4.21. The van der Waals surface area contributed by atoms with Crippen molar-refractivity contribution in [3.63, 3.8) is 0 Å². The normalized spacial score (nSPS) is 13.6. The molecule has 0 bridgehead atoms. The van der Waals surface area contributed by atoms with Crippen molar-refractivity contribution in [1.82, 2.24) is 14.7 Å². The molecule has 0 atom stereocenters. The van der Waals surface area contributed by atoms with E-state index in [-0.39, 0.29) is 0 Å². The summed E-state index contributed by atoms with van der Waals surface area (Å²) in [5.74, 6) is 0. The van der Waals surface area contributed by atoms with Gasteiger partial charge in [0.1, 0.15) is 0 Å². The van der Waals surface area contributed by atoms with Gasteiger partial charge in [0.05, 0.1) is 0 Å². The van der Waals surface area contributed by atoms with Crippen LogP contribution >= 0.6 is 0 Å². The first kappa shape index (κ1) is 21.9. The second-order valence-electron chi connectivity index (χ2n) is 9.53. The molecule has 22 heavy (non-hydrogen) atoms. The maximum atomic E-state index is 2.46. The summed E-state index contributed by atoms with van der Waals surface area (Å²) in [6, 6.07) is 0. The van der Waals surface area contributed by atoms with Crippen LogP contribution in [0.4, 0.5) is 0 Å². The van der Waals surface area contributed by atoms with E-state index in [0.29, 0.717) is 10.8 Å². The Bertz CT molecular complexity index is 247. The minimum atomic E-state index is 0.440. The largest absolute Gasteiger partial charge is 0.305 e. The number of hydrogen-bond acceptors (Lipinski definition) is 3. The fourth-order valence-corrected chi connectivity index (χ4v) is 2.07. The Kier molecular flexibility index (Phi) is 9.84. The van der Waals surface area contributed by atoms with Crippen molar-refractivity contribution in [2.75, 3.05) is 60.4 Å². The van der Waals surface area contributed by atoms with Gasteiger partial charge in [0.25, 0.3) is 0 Å². The van der Waals surface area contributed by atoms with Crippen LogP contribution in [0.5, 0.6) is 0 Å². The highest BCUT2D eigenvalue weighted by molar-refractivity contribution is 4.67. The van der Waals surface area contributed by atoms with Crippen LogP contribution in [0, 0.1) is 10.8 Å². The lowest BCUT2D eigenvalue weighted by molar-refractivity contribution is 0.203. The smallest absolute Gasteiger partial charge is 0.0107 e. The van der Waals surface area contributed by atoms with E-state index >= 15 is 0 Å². The molecule has 0 rings (SSSR count). The molecular weight excluding hydrogens is 270 g/mol.